The van der Waals surface area contributed by atoms with Gasteiger partial charge in [-0.1, -0.05) is 26.7 Å². The molecule has 180 valence electrons. The molecular weight excluding hydrogens is 475 g/mol. The molecule has 0 saturated carbocycles. The molecule has 1 fully saturated rings. The van der Waals surface area contributed by atoms with Crippen LogP contribution < -0.4 is 11.4 Å². The second kappa shape index (κ2) is 15.9. The number of rotatable bonds is 15. The van der Waals surface area contributed by atoms with Gasteiger partial charge in [-0.25, -0.2) is 14.2 Å². The van der Waals surface area contributed by atoms with Gasteiger partial charge in [0.2, 0.25) is 6.29 Å². The molecule has 32 heavy (non-hydrogen) atoms. The van der Waals surface area contributed by atoms with Crippen LogP contribution >= 0.6 is 16.9 Å². The van der Waals surface area contributed by atoms with Crippen LogP contribution in [0.25, 0.3) is 0 Å². The second-order valence-corrected chi connectivity index (χ2v) is 9.01. The third-order valence-electron chi connectivity index (χ3n) is 4.26. The van der Waals surface area contributed by atoms with Crippen LogP contribution in [0.1, 0.15) is 52.2 Å². The van der Waals surface area contributed by atoms with E-state index in [9.17, 15) is 9.36 Å². The molecule has 0 aliphatic carbocycles. The number of nitrogens with two attached hydrogens (primary N) is 1. The van der Waals surface area contributed by atoms with E-state index in [1.807, 2.05) is 13.8 Å². The van der Waals surface area contributed by atoms with E-state index in [-0.39, 0.29) is 57.4 Å². The van der Waals surface area contributed by atoms with Crippen molar-refractivity contribution in [2.24, 2.45) is 0 Å². The van der Waals surface area contributed by atoms with Crippen molar-refractivity contribution in [3.63, 3.8) is 0 Å². The van der Waals surface area contributed by atoms with E-state index < -0.39 is 32.1 Å². The molecule has 0 amide bonds. The molecule has 5 atom stereocenters. The molecule has 12 nitrogen and oxygen atoms in total. The number of ether oxygens (including phenoxy) is 1. The van der Waals surface area contributed by atoms with Crippen molar-refractivity contribution in [2.75, 3.05) is 26.1 Å². The Balaban J connectivity index is 0.00000512. The van der Waals surface area contributed by atoms with Crippen molar-refractivity contribution in [1.82, 2.24) is 9.55 Å². The zero-order chi connectivity index (χ0) is 22.7. The van der Waals surface area contributed by atoms with Crippen molar-refractivity contribution < 1.29 is 37.0 Å². The van der Waals surface area contributed by atoms with Crippen LogP contribution in [0.2, 0.25) is 0 Å². The molecule has 2 unspecified atom stereocenters. The minimum atomic E-state index is -3.92. The molecule has 1 aromatic heterocycles. The summed E-state index contributed by atoms with van der Waals surface area (Å²) in [7, 11) is -3.07. The number of aromatic nitrogens is 2. The van der Waals surface area contributed by atoms with Crippen LogP contribution in [0.5, 0.6) is 0 Å². The number of nitrogens with zero attached hydrogens (tertiary/aromatic N) is 2. The number of unbranched alkanes of at least 4 members (excludes halogenated alkanes) is 2. The Morgan fingerprint density at radius 1 is 1.31 bits per heavy atom. The predicted octanol–water partition coefficient (Wildman–Crippen LogP) is 2.65. The van der Waals surface area contributed by atoms with Gasteiger partial charge in [-0.2, -0.15) is 9.66 Å². The monoisotopic (exact) mass is 507 g/mol. The van der Waals surface area contributed by atoms with Gasteiger partial charge in [0, 0.05) is 19.7 Å². The first-order chi connectivity index (χ1) is 14.9. The fourth-order valence-corrected chi connectivity index (χ4v) is 4.03. The van der Waals surface area contributed by atoms with Crippen molar-refractivity contribution in [3.8, 4) is 0 Å². The summed E-state index contributed by atoms with van der Waals surface area (Å²) in [4.78, 5) is 21.2. The molecule has 15 heteroatoms. The fourth-order valence-electron chi connectivity index (χ4n) is 2.55. The van der Waals surface area contributed by atoms with Crippen molar-refractivity contribution in [2.45, 2.75) is 64.6 Å². The average molecular weight is 507 g/mol. The molecule has 1 aromatic rings. The van der Waals surface area contributed by atoms with Crippen LogP contribution in [0.15, 0.2) is 17.1 Å². The first kappa shape index (κ1) is 30.1. The Morgan fingerprint density at radius 3 is 2.69 bits per heavy atom. The van der Waals surface area contributed by atoms with E-state index in [1.54, 1.807) is 0 Å². The van der Waals surface area contributed by atoms with Gasteiger partial charge in [0.1, 0.15) is 18.1 Å². The number of phosphoric ester groups is 1. The van der Waals surface area contributed by atoms with Gasteiger partial charge in [-0.3, -0.25) is 18.1 Å². The molecule has 2 N–H and O–H groups in total. The summed E-state index contributed by atoms with van der Waals surface area (Å²) in [5.41, 5.74) is 4.93. The van der Waals surface area contributed by atoms with Gasteiger partial charge >= 0.3 is 43.1 Å². The molecule has 0 bridgehead atoms. The van der Waals surface area contributed by atoms with E-state index in [4.69, 9.17) is 38.1 Å². The van der Waals surface area contributed by atoms with Gasteiger partial charge < -0.3 is 15.0 Å². The number of nitrogen functional groups attached to an aromatic ring is 1. The fraction of sp³-hybridized carbons (Fsp3) is 0.765. The topological polar surface area (TPSA) is 143 Å². The van der Waals surface area contributed by atoms with E-state index in [2.05, 4.69) is 4.98 Å². The average Bonchev–Trinajstić information content (AvgIpc) is 3.12. The van der Waals surface area contributed by atoms with E-state index >= 15 is 0 Å². The van der Waals surface area contributed by atoms with E-state index in [0.717, 1.165) is 19.3 Å². The molecule has 2 rings (SSSR count). The first-order valence-electron chi connectivity index (χ1n) is 10.1. The van der Waals surface area contributed by atoms with Gasteiger partial charge in [0.15, 0.2) is 9.03 Å². The minimum absolute atomic E-state index is 0. The van der Waals surface area contributed by atoms with Crippen molar-refractivity contribution in [3.05, 3.63) is 22.7 Å². The predicted molar refractivity (Wildman–Crippen MR) is 120 cm³/mol. The molecule has 1 aliphatic rings. The molecule has 1 aliphatic heterocycles. The van der Waals surface area contributed by atoms with Gasteiger partial charge in [0.25, 0.3) is 0 Å². The number of phosphoric acid groups is 1. The van der Waals surface area contributed by atoms with Crippen LogP contribution in [-0.4, -0.2) is 71.8 Å². The summed E-state index contributed by atoms with van der Waals surface area (Å²) in [6, 6.07) is 1.46. The number of hydrogen-bond acceptors (Lipinski definition) is 11. The van der Waals surface area contributed by atoms with Crippen LogP contribution in [0.3, 0.4) is 0 Å². The van der Waals surface area contributed by atoms with Gasteiger partial charge in [0.05, 0.1) is 13.2 Å². The summed E-state index contributed by atoms with van der Waals surface area (Å²) >= 11 is 0. The summed E-state index contributed by atoms with van der Waals surface area (Å²) < 4.78 is 46.0. The quantitative estimate of drug-likeness (QED) is 0.123. The van der Waals surface area contributed by atoms with Crippen LogP contribution in [-0.2, 0) is 37.0 Å². The zero-order valence-corrected chi connectivity index (χ0v) is 19.8. The molecule has 1 saturated heterocycles. The third kappa shape index (κ3) is 9.74. The summed E-state index contributed by atoms with van der Waals surface area (Å²) in [6.07, 6.45) is 2.16. The summed E-state index contributed by atoms with van der Waals surface area (Å²) in [5, 5.41) is 0. The normalized spacial score (nSPS) is 22.8. The molecular formula is C17H32N3NaO9P2. The first-order valence-corrected chi connectivity index (χ1v) is 12.4. The van der Waals surface area contributed by atoms with E-state index in [0.29, 0.717) is 13.0 Å². The Hall–Kier alpha value is 0.0600. The van der Waals surface area contributed by atoms with Crippen molar-refractivity contribution in [1.29, 1.82) is 0 Å². The molecule has 0 spiro atoms. The van der Waals surface area contributed by atoms with Crippen LogP contribution in [0.4, 0.5) is 5.82 Å². The number of hydrogen-bond donors (Lipinski definition) is 1. The Morgan fingerprint density at radius 2 is 2.03 bits per heavy atom. The maximum atomic E-state index is 12.8. The number of anilines is 1. The third-order valence-corrected chi connectivity index (χ3v) is 6.16. The van der Waals surface area contributed by atoms with Gasteiger partial charge in [-0.15, -0.1) is 0 Å². The SMILES string of the molecule is CCCCOPOO[C@H]1C[C@H](n2ccc(N)nc2=O)O[C@@H]1OP(=O)(OC)OCCCC.[NaH]. The summed E-state index contributed by atoms with van der Waals surface area (Å²) in [6.45, 7) is 4.74. The second-order valence-electron chi connectivity index (χ2n) is 6.66. The standard InChI is InChI=1S/C17H31N3O9P2.Na.H/c1-4-6-10-24-30-29-27-13-12-15(20-9-8-14(18)19-17(20)21)26-16(13)28-31(22,23-3)25-11-7-5-2;;/h8-9,13,15-16,30H,4-7,10-12H2,1-3H3,(H2,18,19,21);;/t13-,15+,16+,31?;;/m0../s1. The van der Waals surface area contributed by atoms with Crippen LogP contribution in [0, 0.1) is 0 Å². The molecule has 2 heterocycles. The van der Waals surface area contributed by atoms with E-state index in [1.165, 1.54) is 23.9 Å². The van der Waals surface area contributed by atoms with Gasteiger partial charge in [-0.05, 0) is 18.9 Å². The molecule has 0 aromatic carbocycles. The Bertz CT molecular complexity index is 773. The Labute approximate surface area is 211 Å². The summed E-state index contributed by atoms with van der Waals surface area (Å²) in [5.74, 6) is 0.0850. The molecule has 0 radical (unpaired) electrons. The van der Waals surface area contributed by atoms with Crippen molar-refractivity contribution >= 4 is 52.2 Å². The zero-order valence-electron chi connectivity index (χ0n) is 17.9. The maximum absolute atomic E-state index is 12.8. The Kier molecular flexibility index (Phi) is 14.9.